The Morgan fingerprint density at radius 2 is 1.95 bits per heavy atom. The lowest BCUT2D eigenvalue weighted by Crippen LogP contribution is -2.46. The molecule has 1 aromatic heterocycles. The number of pyridine rings is 1. The lowest BCUT2D eigenvalue weighted by molar-refractivity contribution is 0.144. The summed E-state index contributed by atoms with van der Waals surface area (Å²) in [5.41, 5.74) is 0.0757. The molecule has 0 bridgehead atoms. The minimum Gasteiger partial charge on any atom is -0.263 e. The van der Waals surface area contributed by atoms with Gasteiger partial charge in [0, 0.05) is 18.4 Å². The fourth-order valence-electron chi connectivity index (χ4n) is 3.13. The van der Waals surface area contributed by atoms with Crippen LogP contribution in [0.3, 0.4) is 0 Å². The van der Waals surface area contributed by atoms with Crippen LogP contribution in [0.1, 0.15) is 46.5 Å². The molecular formula is C15H23ClN2O2S. The number of nitrogens with zero attached hydrogens (tertiary/aromatic N) is 1. The third kappa shape index (κ3) is 3.96. The smallest absolute Gasteiger partial charge is 0.243 e. The SMILES string of the molecule is CC(C)(C)C1CCCCC1NS(=O)(=O)c1cnccc1Cl. The molecule has 0 spiro atoms. The molecule has 1 aliphatic rings. The van der Waals surface area contributed by atoms with Gasteiger partial charge in [0.2, 0.25) is 10.0 Å². The van der Waals surface area contributed by atoms with Crippen LogP contribution in [0.4, 0.5) is 0 Å². The Labute approximate surface area is 132 Å². The highest BCUT2D eigenvalue weighted by Gasteiger charge is 2.36. The molecule has 0 amide bonds. The van der Waals surface area contributed by atoms with Crippen LogP contribution < -0.4 is 4.72 Å². The number of hydrogen-bond acceptors (Lipinski definition) is 3. The Bertz CT molecular complexity index is 596. The van der Waals surface area contributed by atoms with Gasteiger partial charge in [0.1, 0.15) is 4.90 Å². The summed E-state index contributed by atoms with van der Waals surface area (Å²) >= 11 is 5.99. The molecule has 118 valence electrons. The highest BCUT2D eigenvalue weighted by atomic mass is 35.5. The van der Waals surface area contributed by atoms with Gasteiger partial charge in [-0.2, -0.15) is 0 Å². The Kier molecular flexibility index (Phi) is 4.96. The number of rotatable bonds is 3. The second kappa shape index (κ2) is 6.23. The maximum absolute atomic E-state index is 12.6. The van der Waals surface area contributed by atoms with Crippen molar-refractivity contribution in [1.29, 1.82) is 0 Å². The van der Waals surface area contributed by atoms with E-state index in [-0.39, 0.29) is 21.4 Å². The van der Waals surface area contributed by atoms with Crippen molar-refractivity contribution in [2.45, 2.75) is 57.4 Å². The second-order valence-electron chi connectivity index (χ2n) is 6.79. The van der Waals surface area contributed by atoms with Gasteiger partial charge in [-0.05, 0) is 30.2 Å². The maximum Gasteiger partial charge on any atom is 0.243 e. The maximum atomic E-state index is 12.6. The normalized spacial score (nSPS) is 24.0. The Balaban J connectivity index is 2.25. The summed E-state index contributed by atoms with van der Waals surface area (Å²) in [5, 5.41) is 0.209. The van der Waals surface area contributed by atoms with E-state index >= 15 is 0 Å². The Morgan fingerprint density at radius 1 is 1.29 bits per heavy atom. The molecule has 1 heterocycles. The number of hydrogen-bond donors (Lipinski definition) is 1. The summed E-state index contributed by atoms with van der Waals surface area (Å²) in [6.07, 6.45) is 6.93. The van der Waals surface area contributed by atoms with Crippen molar-refractivity contribution in [3.05, 3.63) is 23.5 Å². The molecule has 0 aromatic carbocycles. The van der Waals surface area contributed by atoms with Crippen LogP contribution in [-0.4, -0.2) is 19.4 Å². The minimum atomic E-state index is -3.63. The van der Waals surface area contributed by atoms with Gasteiger partial charge < -0.3 is 0 Å². The van der Waals surface area contributed by atoms with Gasteiger partial charge >= 0.3 is 0 Å². The fraction of sp³-hybridized carbons (Fsp3) is 0.667. The van der Waals surface area contributed by atoms with Crippen LogP contribution in [0.25, 0.3) is 0 Å². The zero-order chi connectivity index (χ0) is 15.7. The molecule has 21 heavy (non-hydrogen) atoms. The third-order valence-corrected chi connectivity index (χ3v) is 6.17. The first-order valence-corrected chi connectivity index (χ1v) is 9.20. The fourth-order valence-corrected chi connectivity index (χ4v) is 4.87. The second-order valence-corrected chi connectivity index (χ2v) is 8.88. The quantitative estimate of drug-likeness (QED) is 0.920. The summed E-state index contributed by atoms with van der Waals surface area (Å²) in [6, 6.07) is 1.46. The van der Waals surface area contributed by atoms with Crippen LogP contribution in [0.5, 0.6) is 0 Å². The average Bonchev–Trinajstić information content (AvgIpc) is 2.38. The van der Waals surface area contributed by atoms with E-state index in [1.165, 1.54) is 18.5 Å². The Hall–Kier alpha value is -0.650. The largest absolute Gasteiger partial charge is 0.263 e. The van der Waals surface area contributed by atoms with Crippen LogP contribution in [0.2, 0.25) is 5.02 Å². The van der Waals surface area contributed by atoms with E-state index in [9.17, 15) is 8.42 Å². The monoisotopic (exact) mass is 330 g/mol. The summed E-state index contributed by atoms with van der Waals surface area (Å²) in [5.74, 6) is 0.330. The predicted molar refractivity (Wildman–Crippen MR) is 84.8 cm³/mol. The molecule has 1 aromatic rings. The van der Waals surface area contributed by atoms with Crippen molar-refractivity contribution < 1.29 is 8.42 Å². The van der Waals surface area contributed by atoms with Gasteiger partial charge in [-0.25, -0.2) is 13.1 Å². The van der Waals surface area contributed by atoms with E-state index in [1.807, 2.05) is 0 Å². The first kappa shape index (κ1) is 16.7. The molecule has 2 rings (SSSR count). The molecule has 1 fully saturated rings. The predicted octanol–water partition coefficient (Wildman–Crippen LogP) is 3.62. The highest BCUT2D eigenvalue weighted by Crippen LogP contribution is 2.38. The van der Waals surface area contributed by atoms with E-state index in [4.69, 9.17) is 11.6 Å². The van der Waals surface area contributed by atoms with Gasteiger partial charge in [-0.3, -0.25) is 4.98 Å². The number of aromatic nitrogens is 1. The van der Waals surface area contributed by atoms with Gasteiger partial charge in [-0.15, -0.1) is 0 Å². The van der Waals surface area contributed by atoms with Crippen molar-refractivity contribution in [3.8, 4) is 0 Å². The van der Waals surface area contributed by atoms with Crippen molar-refractivity contribution >= 4 is 21.6 Å². The van der Waals surface area contributed by atoms with Gasteiger partial charge in [0.05, 0.1) is 5.02 Å². The minimum absolute atomic E-state index is 0.0416. The number of sulfonamides is 1. The third-order valence-electron chi connectivity index (χ3n) is 4.21. The standard InChI is InChI=1S/C15H23ClN2O2S/c1-15(2,3)11-6-4-5-7-13(11)18-21(19,20)14-10-17-9-8-12(14)16/h8-11,13,18H,4-7H2,1-3H3. The summed E-state index contributed by atoms with van der Waals surface area (Å²) in [7, 11) is -3.63. The molecule has 4 nitrogen and oxygen atoms in total. The van der Waals surface area contributed by atoms with Crippen LogP contribution >= 0.6 is 11.6 Å². The average molecular weight is 331 g/mol. The summed E-state index contributed by atoms with van der Waals surface area (Å²) in [4.78, 5) is 3.93. The molecule has 1 saturated carbocycles. The number of nitrogens with one attached hydrogen (secondary N) is 1. The van der Waals surface area contributed by atoms with E-state index in [0.717, 1.165) is 25.7 Å². The Morgan fingerprint density at radius 3 is 2.57 bits per heavy atom. The van der Waals surface area contributed by atoms with Crippen molar-refractivity contribution in [2.75, 3.05) is 0 Å². The molecule has 1 N–H and O–H groups in total. The van der Waals surface area contributed by atoms with Crippen molar-refractivity contribution in [3.63, 3.8) is 0 Å². The molecule has 2 atom stereocenters. The topological polar surface area (TPSA) is 59.1 Å². The summed E-state index contributed by atoms with van der Waals surface area (Å²) in [6.45, 7) is 6.50. The zero-order valence-corrected chi connectivity index (χ0v) is 14.3. The van der Waals surface area contributed by atoms with Gasteiger partial charge in [0.25, 0.3) is 0 Å². The van der Waals surface area contributed by atoms with Gasteiger partial charge in [-0.1, -0.05) is 45.2 Å². The van der Waals surface area contributed by atoms with Gasteiger partial charge in [0.15, 0.2) is 0 Å². The molecule has 0 radical (unpaired) electrons. The molecular weight excluding hydrogens is 308 g/mol. The van der Waals surface area contributed by atoms with Crippen LogP contribution in [0, 0.1) is 11.3 Å². The lowest BCUT2D eigenvalue weighted by Gasteiger charge is -2.40. The zero-order valence-electron chi connectivity index (χ0n) is 12.8. The summed E-state index contributed by atoms with van der Waals surface area (Å²) < 4.78 is 28.0. The van der Waals surface area contributed by atoms with Crippen LogP contribution in [-0.2, 0) is 10.0 Å². The van der Waals surface area contributed by atoms with E-state index in [1.54, 1.807) is 0 Å². The molecule has 6 heteroatoms. The first-order valence-electron chi connectivity index (χ1n) is 7.33. The molecule has 0 saturated heterocycles. The van der Waals surface area contributed by atoms with E-state index in [2.05, 4.69) is 30.5 Å². The van der Waals surface area contributed by atoms with Crippen molar-refractivity contribution in [1.82, 2.24) is 9.71 Å². The molecule has 1 aliphatic carbocycles. The van der Waals surface area contributed by atoms with E-state index < -0.39 is 10.0 Å². The lowest BCUT2D eigenvalue weighted by atomic mass is 9.70. The molecule has 0 aliphatic heterocycles. The van der Waals surface area contributed by atoms with Crippen molar-refractivity contribution in [2.24, 2.45) is 11.3 Å². The first-order chi connectivity index (χ1) is 9.72. The number of halogens is 1. The van der Waals surface area contributed by atoms with Crippen LogP contribution in [0.15, 0.2) is 23.4 Å². The molecule has 2 unspecified atom stereocenters. The highest BCUT2D eigenvalue weighted by molar-refractivity contribution is 7.89. The van der Waals surface area contributed by atoms with E-state index in [0.29, 0.717) is 5.92 Å².